The van der Waals surface area contributed by atoms with Crippen LogP contribution in [0.1, 0.15) is 12.0 Å². The number of nitrogens with one attached hydrogen (secondary N) is 1. The molecule has 120 valence electrons. The molecule has 9 heteroatoms. The lowest BCUT2D eigenvalue weighted by atomic mass is 10.0. The van der Waals surface area contributed by atoms with Crippen LogP contribution in [0.15, 0.2) is 23.2 Å². The highest BCUT2D eigenvalue weighted by molar-refractivity contribution is 7.89. The van der Waals surface area contributed by atoms with Gasteiger partial charge in [0.2, 0.25) is 15.9 Å². The molecule has 0 saturated heterocycles. The molecule has 1 aromatic rings. The Labute approximate surface area is 128 Å². The summed E-state index contributed by atoms with van der Waals surface area (Å²) < 4.78 is 31.3. The average Bonchev–Trinajstić information content (AvgIpc) is 2.54. The predicted molar refractivity (Wildman–Crippen MR) is 79.2 cm³/mol. The molecule has 1 aromatic heterocycles. The van der Waals surface area contributed by atoms with Gasteiger partial charge in [-0.25, -0.2) is 22.9 Å². The summed E-state index contributed by atoms with van der Waals surface area (Å²) >= 11 is 0. The Morgan fingerprint density at radius 2 is 2.23 bits per heavy atom. The summed E-state index contributed by atoms with van der Waals surface area (Å²) in [5, 5.41) is 9.06. The van der Waals surface area contributed by atoms with Gasteiger partial charge >= 0.3 is 6.09 Å². The van der Waals surface area contributed by atoms with Crippen LogP contribution in [0.25, 0.3) is 5.57 Å². The molecule has 0 unspecified atom stereocenters. The zero-order valence-corrected chi connectivity index (χ0v) is 13.1. The summed E-state index contributed by atoms with van der Waals surface area (Å²) in [6.45, 7) is 0.618. The second-order valence-corrected chi connectivity index (χ2v) is 6.52. The molecule has 2 N–H and O–H groups in total. The van der Waals surface area contributed by atoms with E-state index < -0.39 is 16.1 Å². The van der Waals surface area contributed by atoms with Crippen LogP contribution < -0.4 is 9.46 Å². The molecule has 1 aliphatic rings. The second-order valence-electron chi connectivity index (χ2n) is 4.66. The molecular formula is C13H17N3O5S. The van der Waals surface area contributed by atoms with Crippen molar-refractivity contribution in [3.05, 3.63) is 23.9 Å². The van der Waals surface area contributed by atoms with Crippen molar-refractivity contribution in [3.8, 4) is 5.88 Å². The highest BCUT2D eigenvalue weighted by Gasteiger charge is 2.23. The van der Waals surface area contributed by atoms with Crippen molar-refractivity contribution in [2.45, 2.75) is 11.3 Å². The third-order valence-corrected chi connectivity index (χ3v) is 4.77. The first kappa shape index (κ1) is 16.2. The van der Waals surface area contributed by atoms with Crippen molar-refractivity contribution in [3.63, 3.8) is 0 Å². The molecule has 0 fully saturated rings. The van der Waals surface area contributed by atoms with Crippen LogP contribution in [0, 0.1) is 0 Å². The second kappa shape index (κ2) is 6.32. The molecule has 1 amide bonds. The summed E-state index contributed by atoms with van der Waals surface area (Å²) in [6.07, 6.45) is 2.93. The van der Waals surface area contributed by atoms with Gasteiger partial charge in [0.1, 0.15) is 4.90 Å². The van der Waals surface area contributed by atoms with Crippen LogP contribution >= 0.6 is 0 Å². The zero-order valence-electron chi connectivity index (χ0n) is 12.2. The quantitative estimate of drug-likeness (QED) is 0.845. The fourth-order valence-electron chi connectivity index (χ4n) is 2.18. The SMILES string of the molecule is CNS(=O)(=O)c1cc(C2=CCCN(C(=O)O)C2)cnc1OC. The fourth-order valence-corrected chi connectivity index (χ4v) is 3.05. The van der Waals surface area contributed by atoms with Crippen LogP contribution in [0.2, 0.25) is 0 Å². The number of methoxy groups -OCH3 is 1. The number of pyridine rings is 1. The van der Waals surface area contributed by atoms with Crippen molar-refractivity contribution in [2.24, 2.45) is 0 Å². The van der Waals surface area contributed by atoms with Crippen molar-refractivity contribution < 1.29 is 23.1 Å². The molecular weight excluding hydrogens is 310 g/mol. The topological polar surface area (TPSA) is 109 Å². The molecule has 0 bridgehead atoms. The first-order valence-electron chi connectivity index (χ1n) is 6.54. The summed E-state index contributed by atoms with van der Waals surface area (Å²) in [5.41, 5.74) is 1.27. The van der Waals surface area contributed by atoms with Gasteiger partial charge in [0.25, 0.3) is 0 Å². The average molecular weight is 327 g/mol. The van der Waals surface area contributed by atoms with Crippen molar-refractivity contribution in [2.75, 3.05) is 27.2 Å². The Kier molecular flexibility index (Phi) is 4.67. The largest absolute Gasteiger partial charge is 0.480 e. The molecule has 0 aromatic carbocycles. The smallest absolute Gasteiger partial charge is 0.407 e. The maximum atomic E-state index is 12.0. The number of ether oxygens (including phenoxy) is 1. The Balaban J connectivity index is 2.43. The third kappa shape index (κ3) is 3.20. The number of nitrogens with zero attached hydrogens (tertiary/aromatic N) is 2. The van der Waals surface area contributed by atoms with Crippen LogP contribution in [-0.2, 0) is 10.0 Å². The van der Waals surface area contributed by atoms with Gasteiger partial charge in [-0.05, 0) is 30.7 Å². The molecule has 0 saturated carbocycles. The zero-order chi connectivity index (χ0) is 16.3. The summed E-state index contributed by atoms with van der Waals surface area (Å²) in [4.78, 5) is 16.3. The number of sulfonamides is 1. The van der Waals surface area contributed by atoms with E-state index in [0.717, 1.165) is 5.57 Å². The standard InChI is InChI=1S/C13H17N3O5S/c1-14-22(19,20)11-6-10(7-15-12(11)21-2)9-4-3-5-16(8-9)13(17)18/h4,6-7,14H,3,5,8H2,1-2H3,(H,17,18). The number of carbonyl (C=O) groups is 1. The first-order chi connectivity index (χ1) is 10.4. The summed E-state index contributed by atoms with van der Waals surface area (Å²) in [7, 11) is -1.09. The maximum Gasteiger partial charge on any atom is 0.407 e. The van der Waals surface area contributed by atoms with Gasteiger partial charge < -0.3 is 14.7 Å². The summed E-state index contributed by atoms with van der Waals surface area (Å²) in [6, 6.07) is 1.44. The van der Waals surface area contributed by atoms with Crippen LogP contribution in [0.3, 0.4) is 0 Å². The molecule has 0 aliphatic carbocycles. The Hall–Kier alpha value is -2.13. The highest BCUT2D eigenvalue weighted by Crippen LogP contribution is 2.27. The maximum absolute atomic E-state index is 12.0. The van der Waals surface area contributed by atoms with Gasteiger partial charge in [0.15, 0.2) is 0 Å². The van der Waals surface area contributed by atoms with Gasteiger partial charge in [-0.15, -0.1) is 0 Å². The minimum absolute atomic E-state index is 0.00963. The van der Waals surface area contributed by atoms with Gasteiger partial charge in [-0.3, -0.25) is 0 Å². The van der Waals surface area contributed by atoms with E-state index in [-0.39, 0.29) is 17.3 Å². The normalized spacial score (nSPS) is 15.4. The highest BCUT2D eigenvalue weighted by atomic mass is 32.2. The van der Waals surface area contributed by atoms with E-state index >= 15 is 0 Å². The predicted octanol–water partition coefficient (Wildman–Crippen LogP) is 0.765. The number of rotatable bonds is 4. The number of aromatic nitrogens is 1. The molecule has 8 nitrogen and oxygen atoms in total. The van der Waals surface area contributed by atoms with E-state index in [1.54, 1.807) is 0 Å². The fraction of sp³-hybridized carbons (Fsp3) is 0.385. The summed E-state index contributed by atoms with van der Waals surface area (Å²) in [5.74, 6) is -0.00963. The number of carboxylic acid groups (broad SMARTS) is 1. The lowest BCUT2D eigenvalue weighted by Crippen LogP contribution is -2.34. The molecule has 22 heavy (non-hydrogen) atoms. The molecule has 0 radical (unpaired) electrons. The molecule has 0 atom stereocenters. The van der Waals surface area contributed by atoms with Crippen LogP contribution in [0.4, 0.5) is 4.79 Å². The van der Waals surface area contributed by atoms with E-state index in [4.69, 9.17) is 9.84 Å². The monoisotopic (exact) mass is 327 g/mol. The lowest BCUT2D eigenvalue weighted by molar-refractivity contribution is 0.150. The Morgan fingerprint density at radius 1 is 1.50 bits per heavy atom. The van der Waals surface area contributed by atoms with Crippen molar-refractivity contribution in [1.82, 2.24) is 14.6 Å². The van der Waals surface area contributed by atoms with Gasteiger partial charge in [0.05, 0.1) is 7.11 Å². The number of hydrogen-bond donors (Lipinski definition) is 2. The Bertz CT molecular complexity index is 714. The van der Waals surface area contributed by atoms with E-state index in [1.807, 2.05) is 6.08 Å². The minimum atomic E-state index is -3.73. The van der Waals surface area contributed by atoms with Gasteiger partial charge in [-0.2, -0.15) is 0 Å². The lowest BCUT2D eigenvalue weighted by Gasteiger charge is -2.25. The van der Waals surface area contributed by atoms with Crippen molar-refractivity contribution >= 4 is 21.7 Å². The van der Waals surface area contributed by atoms with E-state index in [2.05, 4.69) is 9.71 Å². The molecule has 2 heterocycles. The number of hydrogen-bond acceptors (Lipinski definition) is 5. The molecule has 0 spiro atoms. The van der Waals surface area contributed by atoms with Crippen LogP contribution in [0.5, 0.6) is 5.88 Å². The van der Waals surface area contributed by atoms with Gasteiger partial charge in [-0.1, -0.05) is 6.08 Å². The van der Waals surface area contributed by atoms with Crippen molar-refractivity contribution in [1.29, 1.82) is 0 Å². The van der Waals surface area contributed by atoms with E-state index in [1.165, 1.54) is 31.3 Å². The van der Waals surface area contributed by atoms with E-state index in [0.29, 0.717) is 18.5 Å². The van der Waals surface area contributed by atoms with E-state index in [9.17, 15) is 13.2 Å². The molecule has 2 rings (SSSR count). The van der Waals surface area contributed by atoms with Gasteiger partial charge in [0, 0.05) is 19.3 Å². The van der Waals surface area contributed by atoms with Crippen LogP contribution in [-0.4, -0.2) is 56.7 Å². The number of amides is 1. The minimum Gasteiger partial charge on any atom is -0.480 e. The third-order valence-electron chi connectivity index (χ3n) is 3.36. The molecule has 1 aliphatic heterocycles. The first-order valence-corrected chi connectivity index (χ1v) is 8.02. The Morgan fingerprint density at radius 3 is 2.82 bits per heavy atom.